The predicted octanol–water partition coefficient (Wildman–Crippen LogP) is 3.76. The lowest BCUT2D eigenvalue weighted by Gasteiger charge is -2.16. The van der Waals surface area contributed by atoms with Crippen LogP contribution in [-0.4, -0.2) is 41.6 Å². The van der Waals surface area contributed by atoms with Crippen molar-refractivity contribution in [2.24, 2.45) is 17.5 Å². The Labute approximate surface area is 200 Å². The number of carbonyl (C=O) groups is 1. The molecule has 35 heavy (non-hydrogen) atoms. The van der Waals surface area contributed by atoms with Gasteiger partial charge < -0.3 is 14.2 Å². The number of halogens is 2. The van der Waals surface area contributed by atoms with Gasteiger partial charge in [0.15, 0.2) is 5.69 Å². The minimum Gasteiger partial charge on any atom is -0.488 e. The second-order valence-corrected chi connectivity index (χ2v) is 7.90. The number of nitrogens with one attached hydrogen (secondary N) is 1. The topological polar surface area (TPSA) is 95.0 Å². The first-order chi connectivity index (χ1) is 16.7. The van der Waals surface area contributed by atoms with E-state index in [0.717, 1.165) is 27.4 Å². The second kappa shape index (κ2) is 9.66. The van der Waals surface area contributed by atoms with Crippen molar-refractivity contribution in [1.29, 1.82) is 0 Å². The first-order valence-corrected chi connectivity index (χ1v) is 10.7. The third-order valence-electron chi connectivity index (χ3n) is 5.61. The number of carbonyl (C=O) groups excluding carboxylic acids is 1. The van der Waals surface area contributed by atoms with Gasteiger partial charge in [0, 0.05) is 31.3 Å². The van der Waals surface area contributed by atoms with E-state index < -0.39 is 12.6 Å². The fourth-order valence-electron chi connectivity index (χ4n) is 3.94. The maximum Gasteiger partial charge on any atom is 0.472 e. The second-order valence-electron chi connectivity index (χ2n) is 7.90. The van der Waals surface area contributed by atoms with E-state index in [9.17, 15) is 13.6 Å². The van der Waals surface area contributed by atoms with Crippen LogP contribution in [0.3, 0.4) is 0 Å². The number of urea groups is 1. The zero-order valence-corrected chi connectivity index (χ0v) is 19.9. The van der Waals surface area contributed by atoms with Crippen molar-refractivity contribution in [2.45, 2.75) is 27.1 Å². The van der Waals surface area contributed by atoms with Gasteiger partial charge >= 0.3 is 12.6 Å². The van der Waals surface area contributed by atoms with Crippen LogP contribution in [0.2, 0.25) is 0 Å². The molecule has 1 aromatic heterocycles. The molecule has 1 unspecified atom stereocenters. The van der Waals surface area contributed by atoms with E-state index >= 15 is 0 Å². The average molecular weight is 487 g/mol. The van der Waals surface area contributed by atoms with E-state index in [-0.39, 0.29) is 22.9 Å². The molecule has 3 aromatic rings. The molecule has 1 aliphatic heterocycles. The maximum absolute atomic E-state index is 13.1. The van der Waals surface area contributed by atoms with Crippen LogP contribution in [0.5, 0.6) is 17.4 Å². The number of benzene rings is 2. The number of methoxy groups -OCH3 is 1. The average Bonchev–Trinajstić information content (AvgIpc) is 3.30. The van der Waals surface area contributed by atoms with E-state index in [1.807, 2.05) is 26.0 Å². The molecule has 0 saturated carbocycles. The Morgan fingerprint density at radius 3 is 2.49 bits per heavy atom. The molecule has 10 nitrogen and oxygen atoms in total. The van der Waals surface area contributed by atoms with Crippen molar-refractivity contribution in [3.8, 4) is 28.6 Å². The molecule has 0 saturated heterocycles. The summed E-state index contributed by atoms with van der Waals surface area (Å²) < 4.78 is 43.9. The Morgan fingerprint density at radius 1 is 1.11 bits per heavy atom. The molecule has 0 radical (unpaired) electrons. The summed E-state index contributed by atoms with van der Waals surface area (Å²) in [6.45, 7) is 0.622. The lowest BCUT2D eigenvalue weighted by atomic mass is 10.1. The van der Waals surface area contributed by atoms with Gasteiger partial charge in [-0.3, -0.25) is 0 Å². The summed E-state index contributed by atoms with van der Waals surface area (Å²) in [5.74, 6) is 1.10. The summed E-state index contributed by atoms with van der Waals surface area (Å²) in [7, 11) is 4.86. The highest BCUT2D eigenvalue weighted by molar-refractivity contribution is 5.69. The number of rotatable bonds is 8. The summed E-state index contributed by atoms with van der Waals surface area (Å²) in [6, 6.07) is 9.60. The van der Waals surface area contributed by atoms with E-state index in [4.69, 9.17) is 14.2 Å². The van der Waals surface area contributed by atoms with Crippen LogP contribution in [0.25, 0.3) is 11.3 Å². The summed E-state index contributed by atoms with van der Waals surface area (Å²) in [6.07, 6.45) is 0. The highest BCUT2D eigenvalue weighted by Gasteiger charge is 2.36. The minimum atomic E-state index is -3.04. The Kier molecular flexibility index (Phi) is 6.65. The number of amides is 2. The molecule has 2 amide bonds. The molecular formula is C23H25F2N6O4+. The van der Waals surface area contributed by atoms with Crippen LogP contribution in [0.4, 0.5) is 19.3 Å². The lowest BCUT2D eigenvalue weighted by molar-refractivity contribution is -0.750. The zero-order valence-electron chi connectivity index (χ0n) is 19.9. The van der Waals surface area contributed by atoms with Gasteiger partial charge in [0.2, 0.25) is 5.88 Å². The van der Waals surface area contributed by atoms with Crippen molar-refractivity contribution < 1.29 is 32.8 Å². The van der Waals surface area contributed by atoms with Gasteiger partial charge in [-0.2, -0.15) is 18.9 Å². The smallest absolute Gasteiger partial charge is 0.472 e. The van der Waals surface area contributed by atoms with Gasteiger partial charge in [0.05, 0.1) is 23.6 Å². The van der Waals surface area contributed by atoms with Crippen molar-refractivity contribution >= 4 is 11.7 Å². The van der Waals surface area contributed by atoms with Crippen molar-refractivity contribution in [1.82, 2.24) is 14.8 Å². The predicted molar refractivity (Wildman–Crippen MR) is 121 cm³/mol. The first-order valence-electron chi connectivity index (χ1n) is 10.7. The molecule has 0 spiro atoms. The Hall–Kier alpha value is -4.06. The number of hydrogen-bond donors (Lipinski definition) is 1. The molecule has 2 heterocycles. The lowest BCUT2D eigenvalue weighted by Crippen LogP contribution is -3.04. The molecular weight excluding hydrogens is 462 g/mol. The highest BCUT2D eigenvalue weighted by atomic mass is 19.3. The number of alkyl halides is 2. The van der Waals surface area contributed by atoms with E-state index in [1.54, 1.807) is 31.0 Å². The van der Waals surface area contributed by atoms with Gasteiger partial charge in [0.1, 0.15) is 18.1 Å². The molecule has 2 aromatic carbocycles. The molecule has 1 aliphatic rings. The van der Waals surface area contributed by atoms with Gasteiger partial charge in [0.25, 0.3) is 0 Å². The van der Waals surface area contributed by atoms with Crippen LogP contribution >= 0.6 is 0 Å². The number of aromatic nitrogens is 2. The summed E-state index contributed by atoms with van der Waals surface area (Å²) in [4.78, 5) is 12.4. The normalized spacial score (nSPS) is 15.3. The van der Waals surface area contributed by atoms with E-state index in [1.165, 1.54) is 19.2 Å². The first kappa shape index (κ1) is 24.1. The molecule has 0 aliphatic carbocycles. The summed E-state index contributed by atoms with van der Waals surface area (Å²) >= 11 is 0. The monoisotopic (exact) mass is 487 g/mol. The summed E-state index contributed by atoms with van der Waals surface area (Å²) in [5.41, 5.74) is 3.95. The van der Waals surface area contributed by atoms with Crippen LogP contribution in [0, 0.1) is 13.8 Å². The van der Waals surface area contributed by atoms with Crippen LogP contribution < -0.4 is 19.2 Å². The van der Waals surface area contributed by atoms with E-state index in [0.29, 0.717) is 17.3 Å². The molecule has 4 rings (SSSR count). The fourth-order valence-corrected chi connectivity index (χ4v) is 3.94. The van der Waals surface area contributed by atoms with E-state index in [2.05, 4.69) is 15.5 Å². The number of aryl methyl sites for hydroxylation is 2. The summed E-state index contributed by atoms with van der Waals surface area (Å²) in [5, 5.41) is 13.2. The SMILES string of the molecule is COc1c(C)c(-c2ccc(OCc3c(OC(F)F)cccc3[NH+]3N=NN(C)C3=O)c(C)c2)nn1C. The van der Waals surface area contributed by atoms with Crippen molar-refractivity contribution in [2.75, 3.05) is 14.2 Å². The number of hydrogen-bond acceptors (Lipinski definition) is 7. The zero-order chi connectivity index (χ0) is 25.3. The minimum absolute atomic E-state index is 0.0254. The molecule has 1 atom stereocenters. The van der Waals surface area contributed by atoms with Gasteiger partial charge in [-0.25, -0.2) is 9.48 Å². The van der Waals surface area contributed by atoms with Crippen LogP contribution in [0.1, 0.15) is 16.7 Å². The number of nitrogens with zero attached hydrogens (tertiary/aromatic N) is 5. The largest absolute Gasteiger partial charge is 0.488 e. The Bertz CT molecular complexity index is 1290. The highest BCUT2D eigenvalue weighted by Crippen LogP contribution is 2.33. The van der Waals surface area contributed by atoms with Crippen molar-refractivity contribution in [3.05, 3.63) is 53.1 Å². The standard InChI is InChI=1S/C23H24F2N6O4/c1-13-11-15(20-14(2)21(33-5)29(3)26-20)9-10-18(13)34-12-16-17(31-23(32)30(4)27-28-31)7-6-8-19(16)35-22(24)25/h6-11,22H,12H2,1-5H3/p+1. The fraction of sp³-hybridized carbons (Fsp3) is 0.304. The van der Waals surface area contributed by atoms with Crippen LogP contribution in [0.15, 0.2) is 46.8 Å². The molecule has 184 valence electrons. The molecule has 0 bridgehead atoms. The molecule has 0 fully saturated rings. The third-order valence-corrected chi connectivity index (χ3v) is 5.61. The number of ether oxygens (including phenoxy) is 3. The Morgan fingerprint density at radius 2 is 1.89 bits per heavy atom. The number of quaternary nitrogens is 1. The van der Waals surface area contributed by atoms with Crippen LogP contribution in [-0.2, 0) is 13.7 Å². The molecule has 1 N–H and O–H groups in total. The van der Waals surface area contributed by atoms with Gasteiger partial charge in [-0.05, 0) is 48.9 Å². The Balaban J connectivity index is 1.63. The van der Waals surface area contributed by atoms with Crippen molar-refractivity contribution in [3.63, 3.8) is 0 Å². The van der Waals surface area contributed by atoms with Gasteiger partial charge in [-0.15, -0.1) is 0 Å². The molecule has 12 heteroatoms. The third kappa shape index (κ3) is 4.64. The quantitative estimate of drug-likeness (QED) is 0.522. The van der Waals surface area contributed by atoms with Gasteiger partial charge in [-0.1, -0.05) is 11.1 Å². The maximum atomic E-state index is 13.1.